The maximum atomic E-state index is 12.0. The second-order valence-electron chi connectivity index (χ2n) is 4.99. The molecule has 2 rings (SSSR count). The Kier molecular flexibility index (Phi) is 5.01. The molecule has 1 aromatic heterocycles. The van der Waals surface area contributed by atoms with Gasteiger partial charge in [0.05, 0.1) is 5.75 Å². The third kappa shape index (κ3) is 4.07. The second-order valence-corrected chi connectivity index (χ2v) is 5.93. The highest BCUT2D eigenvalue weighted by atomic mass is 32.2. The number of aryl methyl sites for hydroxylation is 3. The number of hydrogen-bond donors (Lipinski definition) is 1. The highest BCUT2D eigenvalue weighted by molar-refractivity contribution is 7.99. The van der Waals surface area contributed by atoms with Gasteiger partial charge in [-0.15, -0.1) is 10.2 Å². The number of carbonyl (C=O) groups is 1. The summed E-state index contributed by atoms with van der Waals surface area (Å²) in [6.07, 6.45) is 0. The highest BCUT2D eigenvalue weighted by Gasteiger charge is 2.10. The number of nitrogens with zero attached hydrogens (tertiary/aromatic N) is 3. The van der Waals surface area contributed by atoms with Gasteiger partial charge in [0, 0.05) is 12.2 Å². The zero-order chi connectivity index (χ0) is 15.4. The van der Waals surface area contributed by atoms with Gasteiger partial charge in [-0.1, -0.05) is 17.8 Å². The molecule has 112 valence electrons. The van der Waals surface area contributed by atoms with Crippen molar-refractivity contribution in [3.63, 3.8) is 0 Å². The van der Waals surface area contributed by atoms with Gasteiger partial charge >= 0.3 is 0 Å². The van der Waals surface area contributed by atoms with E-state index >= 15 is 0 Å². The molecule has 0 aliphatic rings. The maximum Gasteiger partial charge on any atom is 0.234 e. The van der Waals surface area contributed by atoms with E-state index in [1.807, 2.05) is 44.4 Å². The Labute approximate surface area is 129 Å². The van der Waals surface area contributed by atoms with E-state index < -0.39 is 0 Å². The molecule has 0 aliphatic heterocycles. The number of rotatable bonds is 5. The van der Waals surface area contributed by atoms with Crippen LogP contribution in [-0.2, 0) is 11.3 Å². The fourth-order valence-electron chi connectivity index (χ4n) is 2.21. The second kappa shape index (κ2) is 6.76. The van der Waals surface area contributed by atoms with E-state index in [9.17, 15) is 4.79 Å². The van der Waals surface area contributed by atoms with Crippen LogP contribution in [0.15, 0.2) is 23.4 Å². The predicted octanol–water partition coefficient (Wildman–Crippen LogP) is 2.95. The smallest absolute Gasteiger partial charge is 0.234 e. The van der Waals surface area contributed by atoms with Gasteiger partial charge < -0.3 is 9.88 Å². The molecule has 2 aromatic rings. The van der Waals surface area contributed by atoms with Crippen molar-refractivity contribution in [2.24, 2.45) is 0 Å². The van der Waals surface area contributed by atoms with Crippen LogP contribution in [0.3, 0.4) is 0 Å². The third-order valence-corrected chi connectivity index (χ3v) is 4.02. The van der Waals surface area contributed by atoms with Crippen LogP contribution in [-0.4, -0.2) is 26.4 Å². The average molecular weight is 304 g/mol. The molecule has 1 amide bonds. The lowest BCUT2D eigenvalue weighted by molar-refractivity contribution is -0.113. The normalized spacial score (nSPS) is 10.7. The molecule has 0 atom stereocenters. The van der Waals surface area contributed by atoms with Crippen LogP contribution >= 0.6 is 11.8 Å². The van der Waals surface area contributed by atoms with E-state index in [0.717, 1.165) is 34.3 Å². The van der Waals surface area contributed by atoms with E-state index in [0.29, 0.717) is 5.75 Å². The first kappa shape index (κ1) is 15.6. The Morgan fingerprint density at radius 1 is 1.19 bits per heavy atom. The Balaban J connectivity index is 1.95. The summed E-state index contributed by atoms with van der Waals surface area (Å²) >= 11 is 1.41. The first-order valence-corrected chi connectivity index (χ1v) is 7.89. The molecule has 21 heavy (non-hydrogen) atoms. The van der Waals surface area contributed by atoms with Crippen LogP contribution in [0.2, 0.25) is 0 Å². The number of carbonyl (C=O) groups excluding carboxylic acids is 1. The van der Waals surface area contributed by atoms with Gasteiger partial charge in [-0.05, 0) is 51.0 Å². The van der Waals surface area contributed by atoms with Gasteiger partial charge in [0.25, 0.3) is 0 Å². The van der Waals surface area contributed by atoms with Crippen LogP contribution in [0, 0.1) is 20.8 Å². The van der Waals surface area contributed by atoms with Crippen molar-refractivity contribution in [1.82, 2.24) is 14.8 Å². The predicted molar refractivity (Wildman–Crippen MR) is 85.7 cm³/mol. The van der Waals surface area contributed by atoms with Crippen molar-refractivity contribution in [3.8, 4) is 0 Å². The number of anilines is 1. The van der Waals surface area contributed by atoms with E-state index in [4.69, 9.17) is 0 Å². The molecule has 1 N–H and O–H groups in total. The largest absolute Gasteiger partial charge is 0.325 e. The standard InChI is InChI=1S/C15H20N4OS/c1-5-19-12(4)17-18-15(19)21-9-14(20)16-13-7-10(2)6-11(3)8-13/h6-8H,5,9H2,1-4H3,(H,16,20). The molecular formula is C15H20N4OS. The van der Waals surface area contributed by atoms with Gasteiger partial charge in [0.2, 0.25) is 5.91 Å². The molecule has 1 heterocycles. The van der Waals surface area contributed by atoms with Crippen LogP contribution in [0.5, 0.6) is 0 Å². The Hall–Kier alpha value is -1.82. The molecule has 0 spiro atoms. The number of benzene rings is 1. The molecule has 0 unspecified atom stereocenters. The minimum atomic E-state index is -0.0340. The van der Waals surface area contributed by atoms with Crippen molar-refractivity contribution in [3.05, 3.63) is 35.2 Å². The minimum Gasteiger partial charge on any atom is -0.325 e. The fourth-order valence-corrected chi connectivity index (χ4v) is 3.05. The summed E-state index contributed by atoms with van der Waals surface area (Å²) in [5.74, 6) is 1.16. The summed E-state index contributed by atoms with van der Waals surface area (Å²) in [6.45, 7) is 8.79. The van der Waals surface area contributed by atoms with Crippen molar-refractivity contribution in [2.75, 3.05) is 11.1 Å². The summed E-state index contributed by atoms with van der Waals surface area (Å²) < 4.78 is 1.99. The average Bonchev–Trinajstić information content (AvgIpc) is 2.75. The van der Waals surface area contributed by atoms with E-state index in [1.54, 1.807) is 0 Å². The lowest BCUT2D eigenvalue weighted by atomic mass is 10.1. The first-order valence-electron chi connectivity index (χ1n) is 6.90. The molecule has 6 heteroatoms. The summed E-state index contributed by atoms with van der Waals surface area (Å²) in [4.78, 5) is 12.0. The van der Waals surface area contributed by atoms with Gasteiger partial charge in [-0.25, -0.2) is 0 Å². The quantitative estimate of drug-likeness (QED) is 0.863. The molecule has 0 bridgehead atoms. The molecule has 0 saturated heterocycles. The van der Waals surface area contributed by atoms with E-state index in [-0.39, 0.29) is 5.91 Å². The Bertz CT molecular complexity index is 631. The monoisotopic (exact) mass is 304 g/mol. The molecule has 1 aromatic carbocycles. The number of thioether (sulfide) groups is 1. The number of nitrogens with one attached hydrogen (secondary N) is 1. The number of hydrogen-bond acceptors (Lipinski definition) is 4. The number of aromatic nitrogens is 3. The zero-order valence-electron chi connectivity index (χ0n) is 12.8. The fraction of sp³-hybridized carbons (Fsp3) is 0.400. The summed E-state index contributed by atoms with van der Waals surface area (Å²) in [7, 11) is 0. The Morgan fingerprint density at radius 3 is 2.48 bits per heavy atom. The van der Waals surface area contributed by atoms with E-state index in [1.165, 1.54) is 11.8 Å². The third-order valence-electron chi connectivity index (χ3n) is 3.06. The zero-order valence-corrected chi connectivity index (χ0v) is 13.6. The molecule has 0 fully saturated rings. The van der Waals surface area contributed by atoms with Gasteiger partial charge in [-0.3, -0.25) is 4.79 Å². The van der Waals surface area contributed by atoms with E-state index in [2.05, 4.69) is 21.6 Å². The molecule has 0 aliphatic carbocycles. The van der Waals surface area contributed by atoms with Crippen molar-refractivity contribution < 1.29 is 4.79 Å². The molecule has 0 saturated carbocycles. The highest BCUT2D eigenvalue weighted by Crippen LogP contribution is 2.18. The molecule has 0 radical (unpaired) electrons. The van der Waals surface area contributed by atoms with Crippen LogP contribution in [0.25, 0.3) is 0 Å². The minimum absolute atomic E-state index is 0.0340. The van der Waals surface area contributed by atoms with Crippen LogP contribution in [0.1, 0.15) is 23.9 Å². The summed E-state index contributed by atoms with van der Waals surface area (Å²) in [6, 6.07) is 6.01. The lowest BCUT2D eigenvalue weighted by Crippen LogP contribution is -2.15. The van der Waals surface area contributed by atoms with Gasteiger partial charge in [0.15, 0.2) is 5.16 Å². The van der Waals surface area contributed by atoms with Gasteiger partial charge in [0.1, 0.15) is 5.82 Å². The lowest BCUT2D eigenvalue weighted by Gasteiger charge is -2.08. The maximum absolute atomic E-state index is 12.0. The molecular weight excluding hydrogens is 284 g/mol. The van der Waals surface area contributed by atoms with Crippen molar-refractivity contribution in [1.29, 1.82) is 0 Å². The molecule has 5 nitrogen and oxygen atoms in total. The van der Waals surface area contributed by atoms with Crippen LogP contribution in [0.4, 0.5) is 5.69 Å². The topological polar surface area (TPSA) is 59.8 Å². The Morgan fingerprint density at radius 2 is 1.86 bits per heavy atom. The summed E-state index contributed by atoms with van der Waals surface area (Å²) in [5.41, 5.74) is 3.12. The first-order chi connectivity index (χ1) is 9.99. The number of amides is 1. The van der Waals surface area contributed by atoms with Crippen LogP contribution < -0.4 is 5.32 Å². The SMILES string of the molecule is CCn1c(C)nnc1SCC(=O)Nc1cc(C)cc(C)c1. The summed E-state index contributed by atoms with van der Waals surface area (Å²) in [5, 5.41) is 11.8. The van der Waals surface area contributed by atoms with Crippen molar-refractivity contribution >= 4 is 23.4 Å². The van der Waals surface area contributed by atoms with Crippen molar-refractivity contribution in [2.45, 2.75) is 39.4 Å². The van der Waals surface area contributed by atoms with Gasteiger partial charge in [-0.2, -0.15) is 0 Å².